The largest absolute Gasteiger partial charge is 0.407 e. The Morgan fingerprint density at radius 2 is 2.40 bits per heavy atom. The Labute approximate surface area is 88.4 Å². The predicted molar refractivity (Wildman–Crippen MR) is 54.5 cm³/mol. The smallest absolute Gasteiger partial charge is 0.315 e. The van der Waals surface area contributed by atoms with E-state index in [2.05, 4.69) is 20.8 Å². The SMILES string of the molecule is CCNCc1nnc(NC2CCOC2)o1. The highest BCUT2D eigenvalue weighted by Gasteiger charge is 2.17. The van der Waals surface area contributed by atoms with Crippen molar-refractivity contribution in [3.05, 3.63) is 5.89 Å². The molecule has 6 nitrogen and oxygen atoms in total. The summed E-state index contributed by atoms with van der Waals surface area (Å²) in [6, 6.07) is 0.788. The van der Waals surface area contributed by atoms with Gasteiger partial charge in [0, 0.05) is 6.61 Å². The zero-order valence-corrected chi connectivity index (χ0v) is 8.82. The number of rotatable bonds is 5. The van der Waals surface area contributed by atoms with E-state index >= 15 is 0 Å². The highest BCUT2D eigenvalue weighted by atomic mass is 16.5. The zero-order chi connectivity index (χ0) is 10.5. The lowest BCUT2D eigenvalue weighted by Gasteiger charge is -2.05. The van der Waals surface area contributed by atoms with E-state index in [0.717, 1.165) is 19.6 Å². The summed E-state index contributed by atoms with van der Waals surface area (Å²) in [7, 11) is 0. The van der Waals surface area contributed by atoms with Crippen LogP contribution in [-0.4, -0.2) is 36.0 Å². The molecule has 1 aliphatic heterocycles. The van der Waals surface area contributed by atoms with Gasteiger partial charge in [-0.2, -0.15) is 0 Å². The van der Waals surface area contributed by atoms with E-state index in [0.29, 0.717) is 31.1 Å². The average Bonchev–Trinajstić information content (AvgIpc) is 2.87. The van der Waals surface area contributed by atoms with E-state index < -0.39 is 0 Å². The number of hydrogen-bond donors (Lipinski definition) is 2. The molecule has 0 bridgehead atoms. The summed E-state index contributed by atoms with van der Waals surface area (Å²) in [6.45, 7) is 5.06. The van der Waals surface area contributed by atoms with Crippen molar-refractivity contribution < 1.29 is 9.15 Å². The molecule has 0 saturated carbocycles. The van der Waals surface area contributed by atoms with Gasteiger partial charge in [-0.15, -0.1) is 5.10 Å². The van der Waals surface area contributed by atoms with Crippen LogP contribution in [0.15, 0.2) is 4.42 Å². The summed E-state index contributed by atoms with van der Waals surface area (Å²) in [5.74, 6) is 0.610. The predicted octanol–water partition coefficient (Wildman–Crippen LogP) is 0.380. The summed E-state index contributed by atoms with van der Waals surface area (Å²) in [5, 5.41) is 14.1. The van der Waals surface area contributed by atoms with Gasteiger partial charge >= 0.3 is 6.01 Å². The Bertz CT molecular complexity index is 296. The third-order valence-corrected chi connectivity index (χ3v) is 2.25. The van der Waals surface area contributed by atoms with Crippen LogP contribution in [0.5, 0.6) is 0 Å². The Morgan fingerprint density at radius 3 is 3.13 bits per heavy atom. The fraction of sp³-hybridized carbons (Fsp3) is 0.778. The van der Waals surface area contributed by atoms with Gasteiger partial charge in [-0.1, -0.05) is 12.0 Å². The number of nitrogens with one attached hydrogen (secondary N) is 2. The Kier molecular flexibility index (Phi) is 3.52. The second-order valence-electron chi connectivity index (χ2n) is 3.49. The van der Waals surface area contributed by atoms with Crippen LogP contribution in [0.3, 0.4) is 0 Å². The molecule has 2 rings (SSSR count). The van der Waals surface area contributed by atoms with Gasteiger partial charge in [0.1, 0.15) is 0 Å². The minimum Gasteiger partial charge on any atom is -0.407 e. The molecule has 0 spiro atoms. The van der Waals surface area contributed by atoms with Gasteiger partial charge in [-0.05, 0) is 13.0 Å². The van der Waals surface area contributed by atoms with Crippen LogP contribution in [0.1, 0.15) is 19.2 Å². The molecule has 2 heterocycles. The van der Waals surface area contributed by atoms with Crippen LogP contribution < -0.4 is 10.6 Å². The molecule has 1 aromatic rings. The zero-order valence-electron chi connectivity index (χ0n) is 8.82. The van der Waals surface area contributed by atoms with Crippen LogP contribution in [0.4, 0.5) is 6.01 Å². The van der Waals surface area contributed by atoms with Gasteiger partial charge in [0.25, 0.3) is 0 Å². The monoisotopic (exact) mass is 212 g/mol. The van der Waals surface area contributed by atoms with E-state index in [-0.39, 0.29) is 0 Å². The van der Waals surface area contributed by atoms with Gasteiger partial charge in [0.05, 0.1) is 19.2 Å². The van der Waals surface area contributed by atoms with Gasteiger partial charge in [0.2, 0.25) is 5.89 Å². The topological polar surface area (TPSA) is 72.2 Å². The van der Waals surface area contributed by atoms with E-state index in [1.165, 1.54) is 0 Å². The molecule has 0 amide bonds. The number of ether oxygens (including phenoxy) is 1. The second kappa shape index (κ2) is 5.09. The molecule has 1 fully saturated rings. The van der Waals surface area contributed by atoms with Crippen molar-refractivity contribution in [2.75, 3.05) is 25.1 Å². The lowest BCUT2D eigenvalue weighted by atomic mass is 10.3. The molecule has 1 atom stereocenters. The van der Waals surface area contributed by atoms with Crippen molar-refractivity contribution in [2.24, 2.45) is 0 Å². The van der Waals surface area contributed by atoms with Crippen LogP contribution >= 0.6 is 0 Å². The van der Waals surface area contributed by atoms with Crippen molar-refractivity contribution in [1.29, 1.82) is 0 Å². The standard InChI is InChI=1S/C9H16N4O2/c1-2-10-5-8-12-13-9(15-8)11-7-3-4-14-6-7/h7,10H,2-6H2,1H3,(H,11,13). The van der Waals surface area contributed by atoms with Gasteiger partial charge in [0.15, 0.2) is 0 Å². The normalized spacial score (nSPS) is 20.7. The number of hydrogen-bond acceptors (Lipinski definition) is 6. The summed E-state index contributed by atoms with van der Waals surface area (Å²) in [6.07, 6.45) is 0.991. The fourth-order valence-corrected chi connectivity index (χ4v) is 1.44. The van der Waals surface area contributed by atoms with Crippen LogP contribution in [-0.2, 0) is 11.3 Å². The maximum Gasteiger partial charge on any atom is 0.315 e. The van der Waals surface area contributed by atoms with Crippen LogP contribution in [0.25, 0.3) is 0 Å². The lowest BCUT2D eigenvalue weighted by molar-refractivity contribution is 0.195. The molecule has 1 saturated heterocycles. The lowest BCUT2D eigenvalue weighted by Crippen LogP contribution is -2.19. The third kappa shape index (κ3) is 2.90. The Balaban J connectivity index is 1.83. The quantitative estimate of drug-likeness (QED) is 0.735. The van der Waals surface area contributed by atoms with E-state index in [1.807, 2.05) is 6.92 Å². The van der Waals surface area contributed by atoms with Crippen LogP contribution in [0.2, 0.25) is 0 Å². The first-order valence-corrected chi connectivity index (χ1v) is 5.26. The maximum atomic E-state index is 5.40. The molecule has 1 aromatic heterocycles. The maximum absolute atomic E-state index is 5.40. The third-order valence-electron chi connectivity index (χ3n) is 2.25. The number of nitrogens with zero attached hydrogens (tertiary/aromatic N) is 2. The van der Waals surface area contributed by atoms with Crippen molar-refractivity contribution in [3.63, 3.8) is 0 Å². The molecule has 6 heteroatoms. The molecule has 1 aliphatic rings. The molecule has 0 aromatic carbocycles. The fourth-order valence-electron chi connectivity index (χ4n) is 1.44. The Morgan fingerprint density at radius 1 is 1.47 bits per heavy atom. The molecule has 2 N–H and O–H groups in total. The minimum atomic E-state index is 0.303. The summed E-state index contributed by atoms with van der Waals surface area (Å²) < 4.78 is 10.6. The molecule has 0 aliphatic carbocycles. The second-order valence-corrected chi connectivity index (χ2v) is 3.49. The van der Waals surface area contributed by atoms with E-state index in [4.69, 9.17) is 9.15 Å². The highest BCUT2D eigenvalue weighted by molar-refractivity contribution is 5.19. The molecule has 1 unspecified atom stereocenters. The summed E-state index contributed by atoms with van der Waals surface area (Å²) in [5.41, 5.74) is 0. The molecule has 84 valence electrons. The van der Waals surface area contributed by atoms with Crippen molar-refractivity contribution in [1.82, 2.24) is 15.5 Å². The first-order valence-electron chi connectivity index (χ1n) is 5.26. The average molecular weight is 212 g/mol. The first kappa shape index (κ1) is 10.4. The van der Waals surface area contributed by atoms with Gasteiger partial charge in [-0.25, -0.2) is 0 Å². The number of anilines is 1. The van der Waals surface area contributed by atoms with Crippen molar-refractivity contribution in [2.45, 2.75) is 25.9 Å². The Hall–Kier alpha value is -1.14. The van der Waals surface area contributed by atoms with E-state index in [1.54, 1.807) is 0 Å². The summed E-state index contributed by atoms with van der Waals surface area (Å²) >= 11 is 0. The van der Waals surface area contributed by atoms with Gasteiger partial charge < -0.3 is 19.8 Å². The summed E-state index contributed by atoms with van der Waals surface area (Å²) in [4.78, 5) is 0. The molecular weight excluding hydrogens is 196 g/mol. The van der Waals surface area contributed by atoms with Crippen molar-refractivity contribution in [3.8, 4) is 0 Å². The van der Waals surface area contributed by atoms with Crippen LogP contribution in [0, 0.1) is 0 Å². The van der Waals surface area contributed by atoms with Gasteiger partial charge in [-0.3, -0.25) is 0 Å². The van der Waals surface area contributed by atoms with E-state index in [9.17, 15) is 0 Å². The number of aromatic nitrogens is 2. The molecule has 0 radical (unpaired) electrons. The first-order chi connectivity index (χ1) is 7.38. The molecular formula is C9H16N4O2. The minimum absolute atomic E-state index is 0.303. The van der Waals surface area contributed by atoms with Crippen molar-refractivity contribution >= 4 is 6.01 Å². The molecule has 15 heavy (non-hydrogen) atoms. The highest BCUT2D eigenvalue weighted by Crippen LogP contribution is 2.12.